The Labute approximate surface area is 264 Å². The first-order valence-corrected chi connectivity index (χ1v) is 14.2. The van der Waals surface area contributed by atoms with Gasteiger partial charge in [0.1, 0.15) is 17.4 Å². The zero-order chi connectivity index (χ0) is 32.4. The summed E-state index contributed by atoms with van der Waals surface area (Å²) in [6.07, 6.45) is 1.65. The minimum absolute atomic E-state index is 0.189. The number of ether oxygens (including phenoxy) is 3. The second-order valence-corrected chi connectivity index (χ2v) is 10.2. The zero-order valence-corrected chi connectivity index (χ0v) is 25.5. The van der Waals surface area contributed by atoms with Crippen LogP contribution in [0.4, 0.5) is 5.69 Å². The predicted molar refractivity (Wildman–Crippen MR) is 175 cm³/mol. The number of hydrogen-bond donors (Lipinski definition) is 1. The van der Waals surface area contributed by atoms with E-state index in [-0.39, 0.29) is 22.7 Å². The van der Waals surface area contributed by atoms with Crippen molar-refractivity contribution >= 4 is 40.3 Å². The number of aromatic nitrogens is 2. The lowest BCUT2D eigenvalue weighted by Crippen LogP contribution is -2.35. The summed E-state index contributed by atoms with van der Waals surface area (Å²) >= 11 is 0. The first kappa shape index (κ1) is 29.8. The molecule has 1 aromatic heterocycles. The number of methoxy groups -OCH3 is 3. The highest BCUT2D eigenvalue weighted by atomic mass is 16.5. The van der Waals surface area contributed by atoms with Crippen molar-refractivity contribution in [3.8, 4) is 17.2 Å². The number of benzene rings is 4. The standard InChI is InChI=1S/C35H29N5O6/c1-21-36-27-13-9-8-12-26(27)34(42)40(21)38-33(41)24-14-16-25(17-15-24)39-32(23-10-6-5-7-11-23)37-28(35(39)43)18-22-19-29(44-2)31(46-4)30(20-22)45-3/h5-20H,1-4H3,(H,38,41)/b28-18-. The highest BCUT2D eigenvalue weighted by Gasteiger charge is 2.33. The Morgan fingerprint density at radius 1 is 0.826 bits per heavy atom. The van der Waals surface area contributed by atoms with E-state index in [0.717, 1.165) is 10.2 Å². The van der Waals surface area contributed by atoms with Gasteiger partial charge in [0.05, 0.1) is 37.9 Å². The normalized spacial score (nSPS) is 13.6. The monoisotopic (exact) mass is 615 g/mol. The number of carbonyl (C=O) groups is 2. The molecule has 46 heavy (non-hydrogen) atoms. The fourth-order valence-electron chi connectivity index (χ4n) is 5.18. The summed E-state index contributed by atoms with van der Waals surface area (Å²) in [5, 5.41) is 0.388. The molecule has 1 aliphatic heterocycles. The Hall–Kier alpha value is -6.23. The fourth-order valence-corrected chi connectivity index (χ4v) is 5.18. The number of amidine groups is 1. The molecule has 230 valence electrons. The van der Waals surface area contributed by atoms with Gasteiger partial charge in [-0.05, 0) is 67.1 Å². The maximum Gasteiger partial charge on any atom is 0.282 e. The average Bonchev–Trinajstić information content (AvgIpc) is 3.41. The Morgan fingerprint density at radius 3 is 2.13 bits per heavy atom. The van der Waals surface area contributed by atoms with Crippen molar-refractivity contribution in [2.24, 2.45) is 4.99 Å². The number of nitrogens with zero attached hydrogens (tertiary/aromatic N) is 4. The molecule has 6 rings (SSSR count). The van der Waals surface area contributed by atoms with Gasteiger partial charge in [0, 0.05) is 11.1 Å². The lowest BCUT2D eigenvalue weighted by atomic mass is 10.1. The zero-order valence-electron chi connectivity index (χ0n) is 25.5. The molecule has 1 N–H and O–H groups in total. The number of carbonyl (C=O) groups excluding carboxylic acids is 2. The van der Waals surface area contributed by atoms with E-state index in [4.69, 9.17) is 19.2 Å². The third-order valence-corrected chi connectivity index (χ3v) is 7.43. The van der Waals surface area contributed by atoms with Gasteiger partial charge in [-0.3, -0.25) is 24.7 Å². The van der Waals surface area contributed by atoms with Gasteiger partial charge in [-0.2, -0.15) is 0 Å². The molecule has 0 saturated heterocycles. The minimum Gasteiger partial charge on any atom is -0.493 e. The van der Waals surface area contributed by atoms with Crippen LogP contribution < -0.4 is 30.1 Å². The molecule has 2 heterocycles. The topological polar surface area (TPSA) is 124 Å². The van der Waals surface area contributed by atoms with Crippen LogP contribution >= 0.6 is 0 Å². The number of hydrogen-bond acceptors (Lipinski definition) is 8. The number of para-hydroxylation sites is 1. The van der Waals surface area contributed by atoms with E-state index in [1.54, 1.807) is 73.7 Å². The average molecular weight is 616 g/mol. The summed E-state index contributed by atoms with van der Waals surface area (Å²) in [5.41, 5.74) is 5.12. The van der Waals surface area contributed by atoms with Crippen molar-refractivity contribution in [1.82, 2.24) is 9.66 Å². The van der Waals surface area contributed by atoms with E-state index in [2.05, 4.69) is 10.4 Å². The van der Waals surface area contributed by atoms with E-state index < -0.39 is 5.91 Å². The van der Waals surface area contributed by atoms with Crippen molar-refractivity contribution in [1.29, 1.82) is 0 Å². The van der Waals surface area contributed by atoms with Crippen LogP contribution in [0.5, 0.6) is 17.2 Å². The largest absolute Gasteiger partial charge is 0.493 e. The number of amides is 2. The van der Waals surface area contributed by atoms with Gasteiger partial charge < -0.3 is 14.2 Å². The van der Waals surface area contributed by atoms with E-state index in [1.807, 2.05) is 30.3 Å². The number of aliphatic imine (C=N–C) groups is 1. The van der Waals surface area contributed by atoms with E-state index in [9.17, 15) is 14.4 Å². The Balaban J connectivity index is 1.33. The molecule has 0 aliphatic carbocycles. The molecular formula is C35H29N5O6. The summed E-state index contributed by atoms with van der Waals surface area (Å²) in [6, 6.07) is 26.2. The minimum atomic E-state index is -0.512. The third-order valence-electron chi connectivity index (χ3n) is 7.43. The lowest BCUT2D eigenvalue weighted by Gasteiger charge is -2.19. The molecule has 0 saturated carbocycles. The van der Waals surface area contributed by atoms with Gasteiger partial charge in [0.15, 0.2) is 11.5 Å². The second-order valence-electron chi connectivity index (χ2n) is 10.2. The van der Waals surface area contributed by atoms with Crippen LogP contribution in [0.25, 0.3) is 17.0 Å². The van der Waals surface area contributed by atoms with Crippen LogP contribution in [0.3, 0.4) is 0 Å². The van der Waals surface area contributed by atoms with Gasteiger partial charge in [0.25, 0.3) is 17.4 Å². The van der Waals surface area contributed by atoms with Crippen LogP contribution in [-0.4, -0.2) is 48.6 Å². The van der Waals surface area contributed by atoms with Crippen molar-refractivity contribution < 1.29 is 23.8 Å². The highest BCUT2D eigenvalue weighted by Crippen LogP contribution is 2.39. The van der Waals surface area contributed by atoms with E-state index in [0.29, 0.717) is 51.1 Å². The Kier molecular flexibility index (Phi) is 8.04. The maximum absolute atomic E-state index is 13.9. The van der Waals surface area contributed by atoms with Gasteiger partial charge in [-0.25, -0.2) is 14.7 Å². The number of rotatable bonds is 8. The summed E-state index contributed by atoms with van der Waals surface area (Å²) in [5.74, 6) is 1.19. The van der Waals surface area contributed by atoms with Crippen LogP contribution in [0.1, 0.15) is 27.3 Å². The summed E-state index contributed by atoms with van der Waals surface area (Å²) in [7, 11) is 4.55. The van der Waals surface area contributed by atoms with Crippen molar-refractivity contribution in [2.75, 3.05) is 31.7 Å². The molecule has 0 spiro atoms. The van der Waals surface area contributed by atoms with Gasteiger partial charge in [-0.1, -0.05) is 42.5 Å². The maximum atomic E-state index is 13.9. The number of fused-ring (bicyclic) bond motifs is 1. The lowest BCUT2D eigenvalue weighted by molar-refractivity contribution is -0.113. The molecule has 11 heteroatoms. The van der Waals surface area contributed by atoms with Crippen LogP contribution in [-0.2, 0) is 4.79 Å². The van der Waals surface area contributed by atoms with E-state index in [1.165, 1.54) is 26.2 Å². The van der Waals surface area contributed by atoms with E-state index >= 15 is 0 Å². The van der Waals surface area contributed by atoms with Crippen molar-refractivity contribution in [3.05, 3.63) is 130 Å². The Bertz CT molecular complexity index is 2080. The number of anilines is 1. The summed E-state index contributed by atoms with van der Waals surface area (Å²) < 4.78 is 17.5. The van der Waals surface area contributed by atoms with Gasteiger partial charge >= 0.3 is 0 Å². The fraction of sp³-hybridized carbons (Fsp3) is 0.114. The van der Waals surface area contributed by atoms with Crippen molar-refractivity contribution in [2.45, 2.75) is 6.92 Å². The molecule has 0 bridgehead atoms. The molecule has 0 atom stereocenters. The smallest absolute Gasteiger partial charge is 0.282 e. The summed E-state index contributed by atoms with van der Waals surface area (Å²) in [4.78, 5) is 50.8. The molecule has 2 amide bonds. The molecule has 11 nitrogen and oxygen atoms in total. The molecule has 0 fully saturated rings. The summed E-state index contributed by atoms with van der Waals surface area (Å²) in [6.45, 7) is 1.64. The SMILES string of the molecule is COc1cc(/C=C2\N=C(c3ccccc3)N(c3ccc(C(=O)Nn4c(C)nc5ccccc5c4=O)cc3)C2=O)cc(OC)c1OC. The highest BCUT2D eigenvalue weighted by molar-refractivity contribution is 6.33. The molecular weight excluding hydrogens is 586 g/mol. The number of nitrogens with one attached hydrogen (secondary N) is 1. The predicted octanol–water partition coefficient (Wildman–Crippen LogP) is 4.95. The Morgan fingerprint density at radius 2 is 1.48 bits per heavy atom. The van der Waals surface area contributed by atoms with Crippen molar-refractivity contribution in [3.63, 3.8) is 0 Å². The third kappa shape index (κ3) is 5.45. The van der Waals surface area contributed by atoms with Crippen LogP contribution in [0.15, 0.2) is 106 Å². The quantitative estimate of drug-likeness (QED) is 0.245. The van der Waals surface area contributed by atoms with Crippen LogP contribution in [0, 0.1) is 6.92 Å². The first-order valence-electron chi connectivity index (χ1n) is 14.2. The molecule has 4 aromatic carbocycles. The molecule has 0 unspecified atom stereocenters. The second kappa shape index (κ2) is 12.4. The molecule has 0 radical (unpaired) electrons. The van der Waals surface area contributed by atoms with Gasteiger partial charge in [0.2, 0.25) is 5.75 Å². The van der Waals surface area contributed by atoms with Gasteiger partial charge in [-0.15, -0.1) is 0 Å². The molecule has 1 aliphatic rings. The van der Waals surface area contributed by atoms with Crippen LogP contribution in [0.2, 0.25) is 0 Å². The number of aryl methyl sites for hydroxylation is 1. The molecule has 5 aromatic rings. The first-order chi connectivity index (χ1) is 22.3.